The molecule has 3 rings (SSSR count). The van der Waals surface area contributed by atoms with Gasteiger partial charge in [-0.25, -0.2) is 17.6 Å². The maximum absolute atomic E-state index is 13.9. The highest BCUT2D eigenvalue weighted by Crippen LogP contribution is 2.25. The Morgan fingerprint density at radius 1 is 1.03 bits per heavy atom. The molecule has 1 aliphatic rings. The van der Waals surface area contributed by atoms with Crippen LogP contribution in [0.3, 0.4) is 0 Å². The highest BCUT2D eigenvalue weighted by Gasteiger charge is 2.33. The summed E-state index contributed by atoms with van der Waals surface area (Å²) >= 11 is 0. The standard InChI is InChI=1S/C21H20F4N2O2/c22-16-4-2-5-17(23)15(16)9-10-26-19(28)11-14-7-8-20(29)27(14)12-13-3-1-6-18(24)21(13)25/h1-6,14H,7-12H2,(H,26,28). The maximum atomic E-state index is 13.9. The first-order valence-electron chi connectivity index (χ1n) is 9.28. The Morgan fingerprint density at radius 3 is 2.41 bits per heavy atom. The lowest BCUT2D eigenvalue weighted by atomic mass is 10.1. The van der Waals surface area contributed by atoms with Crippen molar-refractivity contribution < 1.29 is 27.2 Å². The van der Waals surface area contributed by atoms with Crippen LogP contribution in [0.25, 0.3) is 0 Å². The van der Waals surface area contributed by atoms with Crippen molar-refractivity contribution in [2.24, 2.45) is 0 Å². The van der Waals surface area contributed by atoms with Crippen LogP contribution in [0.5, 0.6) is 0 Å². The number of nitrogens with one attached hydrogen (secondary N) is 1. The van der Waals surface area contributed by atoms with E-state index in [0.29, 0.717) is 6.42 Å². The van der Waals surface area contributed by atoms with Crippen molar-refractivity contribution in [1.82, 2.24) is 10.2 Å². The summed E-state index contributed by atoms with van der Waals surface area (Å²) in [7, 11) is 0. The number of hydrogen-bond donors (Lipinski definition) is 1. The first-order valence-corrected chi connectivity index (χ1v) is 9.28. The molecule has 0 aliphatic carbocycles. The number of rotatable bonds is 7. The van der Waals surface area contributed by atoms with Crippen LogP contribution < -0.4 is 5.32 Å². The molecule has 0 radical (unpaired) electrons. The molecule has 1 aliphatic heterocycles. The zero-order chi connectivity index (χ0) is 21.0. The smallest absolute Gasteiger partial charge is 0.223 e. The maximum Gasteiger partial charge on any atom is 0.223 e. The van der Waals surface area contributed by atoms with Crippen molar-refractivity contribution in [2.75, 3.05) is 6.54 Å². The molecule has 1 heterocycles. The van der Waals surface area contributed by atoms with Crippen molar-refractivity contribution in [1.29, 1.82) is 0 Å². The Kier molecular flexibility index (Phi) is 6.51. The van der Waals surface area contributed by atoms with Gasteiger partial charge in [-0.3, -0.25) is 9.59 Å². The first-order chi connectivity index (χ1) is 13.9. The fraction of sp³-hybridized carbons (Fsp3) is 0.333. The van der Waals surface area contributed by atoms with Crippen LogP contribution in [0, 0.1) is 23.3 Å². The predicted molar refractivity (Wildman–Crippen MR) is 97.6 cm³/mol. The highest BCUT2D eigenvalue weighted by atomic mass is 19.2. The van der Waals surface area contributed by atoms with E-state index in [-0.39, 0.29) is 55.3 Å². The third-order valence-electron chi connectivity index (χ3n) is 5.00. The molecule has 0 aromatic heterocycles. The molecule has 1 atom stereocenters. The normalized spacial score (nSPS) is 16.3. The average Bonchev–Trinajstić information content (AvgIpc) is 3.01. The third kappa shape index (κ3) is 4.93. The van der Waals surface area contributed by atoms with E-state index in [9.17, 15) is 27.2 Å². The number of likely N-dealkylation sites (tertiary alicyclic amines) is 1. The average molecular weight is 408 g/mol. The second-order valence-corrected chi connectivity index (χ2v) is 6.93. The fourth-order valence-corrected chi connectivity index (χ4v) is 3.46. The van der Waals surface area contributed by atoms with Crippen LogP contribution in [0.2, 0.25) is 0 Å². The zero-order valence-corrected chi connectivity index (χ0v) is 15.6. The topological polar surface area (TPSA) is 49.4 Å². The van der Waals surface area contributed by atoms with E-state index >= 15 is 0 Å². The van der Waals surface area contributed by atoms with Crippen molar-refractivity contribution >= 4 is 11.8 Å². The summed E-state index contributed by atoms with van der Waals surface area (Å²) in [5, 5.41) is 2.59. The number of nitrogens with zero attached hydrogens (tertiary/aromatic N) is 1. The van der Waals surface area contributed by atoms with E-state index in [4.69, 9.17) is 0 Å². The van der Waals surface area contributed by atoms with Crippen LogP contribution in [0.4, 0.5) is 17.6 Å². The summed E-state index contributed by atoms with van der Waals surface area (Å²) in [5.74, 6) is -3.98. The number of halogens is 4. The van der Waals surface area contributed by atoms with Crippen LogP contribution in [0.1, 0.15) is 30.4 Å². The monoisotopic (exact) mass is 408 g/mol. The van der Waals surface area contributed by atoms with Gasteiger partial charge in [-0.1, -0.05) is 18.2 Å². The molecule has 1 saturated heterocycles. The Balaban J connectivity index is 1.56. The Labute approximate surface area is 165 Å². The van der Waals surface area contributed by atoms with Gasteiger partial charge in [-0.15, -0.1) is 0 Å². The van der Waals surface area contributed by atoms with Gasteiger partial charge in [0.2, 0.25) is 11.8 Å². The Hall–Kier alpha value is -2.90. The van der Waals surface area contributed by atoms with Gasteiger partial charge in [0.05, 0.1) is 0 Å². The fourth-order valence-electron chi connectivity index (χ4n) is 3.46. The van der Waals surface area contributed by atoms with Gasteiger partial charge >= 0.3 is 0 Å². The molecule has 0 bridgehead atoms. The lowest BCUT2D eigenvalue weighted by molar-refractivity contribution is -0.130. The van der Waals surface area contributed by atoms with Gasteiger partial charge in [0.25, 0.3) is 0 Å². The van der Waals surface area contributed by atoms with Crippen LogP contribution in [-0.2, 0) is 22.6 Å². The minimum absolute atomic E-state index is 0.00788. The summed E-state index contributed by atoms with van der Waals surface area (Å²) < 4.78 is 54.5. The molecule has 2 amide bonds. The minimum Gasteiger partial charge on any atom is -0.356 e. The minimum atomic E-state index is -1.01. The Morgan fingerprint density at radius 2 is 1.69 bits per heavy atom. The van der Waals surface area contributed by atoms with Crippen LogP contribution in [0.15, 0.2) is 36.4 Å². The summed E-state index contributed by atoms with van der Waals surface area (Å²) in [4.78, 5) is 25.7. The lowest BCUT2D eigenvalue weighted by Gasteiger charge is -2.25. The van der Waals surface area contributed by atoms with Gasteiger partial charge < -0.3 is 10.2 Å². The number of hydrogen-bond acceptors (Lipinski definition) is 2. The van der Waals surface area contributed by atoms with Crippen LogP contribution in [-0.4, -0.2) is 29.3 Å². The third-order valence-corrected chi connectivity index (χ3v) is 5.00. The molecule has 0 spiro atoms. The molecule has 8 heteroatoms. The second-order valence-electron chi connectivity index (χ2n) is 6.93. The molecule has 2 aromatic carbocycles. The van der Waals surface area contributed by atoms with Gasteiger partial charge in [0.1, 0.15) is 11.6 Å². The molecule has 154 valence electrons. The molecule has 2 aromatic rings. The quantitative estimate of drug-likeness (QED) is 0.714. The second kappa shape index (κ2) is 9.07. The number of amides is 2. The van der Waals surface area contributed by atoms with Gasteiger partial charge in [0, 0.05) is 43.1 Å². The number of benzene rings is 2. The lowest BCUT2D eigenvalue weighted by Crippen LogP contribution is -2.37. The molecule has 1 unspecified atom stereocenters. The molecule has 1 fully saturated rings. The molecule has 0 saturated carbocycles. The van der Waals surface area contributed by atoms with E-state index in [1.807, 2.05) is 0 Å². The molecular weight excluding hydrogens is 388 g/mol. The molecule has 1 N–H and O–H groups in total. The Bertz CT molecular complexity index is 899. The van der Waals surface area contributed by atoms with E-state index in [2.05, 4.69) is 5.32 Å². The van der Waals surface area contributed by atoms with Crippen molar-refractivity contribution in [2.45, 2.75) is 38.3 Å². The number of carbonyl (C=O) groups excluding carboxylic acids is 2. The van der Waals surface area contributed by atoms with Crippen molar-refractivity contribution in [3.63, 3.8) is 0 Å². The van der Waals surface area contributed by atoms with Gasteiger partial charge in [-0.05, 0) is 31.0 Å². The predicted octanol–water partition coefficient (Wildman–Crippen LogP) is 3.48. The van der Waals surface area contributed by atoms with E-state index in [1.165, 1.54) is 23.1 Å². The summed E-state index contributed by atoms with van der Waals surface area (Å²) in [5.41, 5.74) is -0.0623. The first kappa shape index (κ1) is 20.8. The highest BCUT2D eigenvalue weighted by molar-refractivity contribution is 5.82. The van der Waals surface area contributed by atoms with E-state index in [0.717, 1.165) is 18.2 Å². The van der Waals surface area contributed by atoms with Crippen molar-refractivity contribution in [3.05, 3.63) is 70.8 Å². The van der Waals surface area contributed by atoms with Crippen LogP contribution >= 0.6 is 0 Å². The van der Waals surface area contributed by atoms with E-state index in [1.54, 1.807) is 0 Å². The SMILES string of the molecule is O=C(CC1CCC(=O)N1Cc1cccc(F)c1F)NCCc1c(F)cccc1F. The summed E-state index contributed by atoms with van der Waals surface area (Å²) in [6.45, 7) is -0.0866. The van der Waals surface area contributed by atoms with Gasteiger partial charge in [0.15, 0.2) is 11.6 Å². The molecule has 4 nitrogen and oxygen atoms in total. The summed E-state index contributed by atoms with van der Waals surface area (Å²) in [6.07, 6.45) is 0.606. The largest absolute Gasteiger partial charge is 0.356 e. The zero-order valence-electron chi connectivity index (χ0n) is 15.6. The number of carbonyl (C=O) groups is 2. The van der Waals surface area contributed by atoms with Gasteiger partial charge in [-0.2, -0.15) is 0 Å². The summed E-state index contributed by atoms with van der Waals surface area (Å²) in [6, 6.07) is 6.85. The van der Waals surface area contributed by atoms with E-state index < -0.39 is 29.3 Å². The molecular formula is C21H20F4N2O2. The van der Waals surface area contributed by atoms with Crippen molar-refractivity contribution in [3.8, 4) is 0 Å². The molecule has 29 heavy (non-hydrogen) atoms.